The smallest absolute Gasteiger partial charge is 0.371 e. The normalized spacial score (nSPS) is 13.8. The molecule has 2 aromatic carbocycles. The molecule has 0 aliphatic carbocycles. The van der Waals surface area contributed by atoms with Gasteiger partial charge in [-0.15, -0.1) is 0 Å². The zero-order valence-electron chi connectivity index (χ0n) is 18.9. The molecular weight excluding hydrogens is 651 g/mol. The van der Waals surface area contributed by atoms with Gasteiger partial charge in [0.25, 0.3) is 0 Å². The molecule has 0 fully saturated rings. The van der Waals surface area contributed by atoms with E-state index in [1.165, 1.54) is 0 Å². The molecule has 39 heavy (non-hydrogen) atoms. The molecule has 0 aromatic heterocycles. The molecule has 0 aliphatic heterocycles. The van der Waals surface area contributed by atoms with Gasteiger partial charge < -0.3 is 5.32 Å². The van der Waals surface area contributed by atoms with Crippen LogP contribution in [0.3, 0.4) is 0 Å². The Morgan fingerprint density at radius 1 is 0.872 bits per heavy atom. The van der Waals surface area contributed by atoms with E-state index in [1.807, 2.05) is 5.32 Å². The van der Waals surface area contributed by atoms with E-state index in [0.29, 0.717) is 0 Å². The van der Waals surface area contributed by atoms with Gasteiger partial charge in [0.15, 0.2) is 0 Å². The monoisotopic (exact) mass is 663 g/mol. The number of thiocarbonyl (C=S) groups is 2. The van der Waals surface area contributed by atoms with E-state index in [4.69, 9.17) is 59.2 Å². The van der Waals surface area contributed by atoms with E-state index < -0.39 is 59.1 Å². The highest BCUT2D eigenvalue weighted by Gasteiger charge is 2.41. The minimum absolute atomic E-state index is 0.0636. The Labute approximate surface area is 241 Å². The van der Waals surface area contributed by atoms with Crippen LogP contribution in [0.15, 0.2) is 36.4 Å². The molecular formula is C23H14Cl3F10NS2. The zero-order chi connectivity index (χ0) is 29.9. The molecule has 1 nitrogen and oxygen atoms in total. The van der Waals surface area contributed by atoms with Crippen molar-refractivity contribution in [3.63, 3.8) is 0 Å². The maximum atomic E-state index is 15.0. The number of halogens is 13. The predicted molar refractivity (Wildman–Crippen MR) is 138 cm³/mol. The summed E-state index contributed by atoms with van der Waals surface area (Å²) in [6.45, 7) is -1.44. The maximum Gasteiger partial charge on any atom is 0.417 e. The van der Waals surface area contributed by atoms with Crippen LogP contribution in [-0.2, 0) is 6.18 Å². The Kier molecular flexibility index (Phi) is 11.1. The van der Waals surface area contributed by atoms with Gasteiger partial charge in [-0.25, -0.2) is 4.39 Å². The number of allylic oxidation sites excluding steroid dienone is 1. The van der Waals surface area contributed by atoms with E-state index >= 15 is 0 Å². The number of alkyl halides is 9. The number of nitrogens with one attached hydrogen (secondary N) is 1. The summed E-state index contributed by atoms with van der Waals surface area (Å²) < 4.78 is 134. The van der Waals surface area contributed by atoms with Crippen LogP contribution in [0.2, 0.25) is 15.1 Å². The van der Waals surface area contributed by atoms with Crippen molar-refractivity contribution in [3.05, 3.63) is 73.7 Å². The molecule has 1 atom stereocenters. The molecule has 0 bridgehead atoms. The van der Waals surface area contributed by atoms with Crippen LogP contribution in [0, 0.1) is 0 Å². The maximum absolute atomic E-state index is 15.0. The van der Waals surface area contributed by atoms with E-state index in [9.17, 15) is 43.9 Å². The summed E-state index contributed by atoms with van der Waals surface area (Å²) in [5.74, 6) is -4.29. The zero-order valence-corrected chi connectivity index (χ0v) is 22.8. The summed E-state index contributed by atoms with van der Waals surface area (Å²) in [7, 11) is 0. The number of rotatable bonds is 8. The van der Waals surface area contributed by atoms with Crippen LogP contribution in [0.5, 0.6) is 0 Å². The van der Waals surface area contributed by atoms with Crippen LogP contribution in [0.25, 0.3) is 5.83 Å². The molecule has 0 spiro atoms. The van der Waals surface area contributed by atoms with Crippen molar-refractivity contribution in [2.24, 2.45) is 0 Å². The van der Waals surface area contributed by atoms with Crippen molar-refractivity contribution in [1.82, 2.24) is 5.32 Å². The number of benzene rings is 2. The van der Waals surface area contributed by atoms with Gasteiger partial charge in [0.05, 0.1) is 25.6 Å². The lowest BCUT2D eigenvalue weighted by Gasteiger charge is -2.19. The third-order valence-electron chi connectivity index (χ3n) is 5.00. The van der Waals surface area contributed by atoms with Crippen molar-refractivity contribution < 1.29 is 43.9 Å². The molecule has 214 valence electrons. The topological polar surface area (TPSA) is 12.0 Å². The van der Waals surface area contributed by atoms with Gasteiger partial charge in [0.1, 0.15) is 18.3 Å². The molecule has 0 saturated heterocycles. The molecule has 16 heteroatoms. The average Bonchev–Trinajstić information content (AvgIpc) is 2.80. The third kappa shape index (κ3) is 9.73. The predicted octanol–water partition coefficient (Wildman–Crippen LogP) is 10.3. The van der Waals surface area contributed by atoms with Gasteiger partial charge in [-0.05, 0) is 36.3 Å². The fraction of sp³-hybridized carbons (Fsp3) is 0.304. The van der Waals surface area contributed by atoms with E-state index in [0.717, 1.165) is 24.3 Å². The minimum atomic E-state index is -5.11. The first kappa shape index (κ1) is 33.5. The highest BCUT2D eigenvalue weighted by molar-refractivity contribution is 7.81. The van der Waals surface area contributed by atoms with Gasteiger partial charge in [0, 0.05) is 22.4 Å². The molecule has 0 heterocycles. The van der Waals surface area contributed by atoms with Crippen LogP contribution < -0.4 is 5.32 Å². The average molecular weight is 665 g/mol. The molecule has 2 rings (SSSR count). The van der Waals surface area contributed by atoms with Crippen LogP contribution in [-0.4, -0.2) is 28.8 Å². The summed E-state index contributed by atoms with van der Waals surface area (Å²) >= 11 is 27.0. The van der Waals surface area contributed by atoms with Crippen molar-refractivity contribution in [1.29, 1.82) is 0 Å². The van der Waals surface area contributed by atoms with Crippen LogP contribution in [0.1, 0.15) is 41.0 Å². The van der Waals surface area contributed by atoms with Gasteiger partial charge in [-0.2, -0.15) is 39.5 Å². The largest absolute Gasteiger partial charge is 0.417 e. The molecule has 2 aromatic rings. The first-order valence-electron chi connectivity index (χ1n) is 10.4. The highest BCUT2D eigenvalue weighted by Crippen LogP contribution is 2.43. The summed E-state index contributed by atoms with van der Waals surface area (Å²) in [6, 6.07) is 3.43. The van der Waals surface area contributed by atoms with E-state index in [-0.39, 0.29) is 49.9 Å². The van der Waals surface area contributed by atoms with Crippen molar-refractivity contribution in [3.8, 4) is 0 Å². The first-order chi connectivity index (χ1) is 17.7. The summed E-state index contributed by atoms with van der Waals surface area (Å²) in [6.07, 6.45) is -15.4. The molecule has 1 N–H and O–H groups in total. The fourth-order valence-electron chi connectivity index (χ4n) is 3.20. The second kappa shape index (κ2) is 12.9. The Bertz CT molecular complexity index is 1250. The van der Waals surface area contributed by atoms with Crippen LogP contribution in [0.4, 0.5) is 43.9 Å². The quantitative estimate of drug-likeness (QED) is 0.131. The van der Waals surface area contributed by atoms with Gasteiger partial charge in [0.2, 0.25) is 0 Å². The summed E-state index contributed by atoms with van der Waals surface area (Å²) in [5.41, 5.74) is -3.50. The second-order valence-electron chi connectivity index (χ2n) is 7.91. The SMILES string of the molecule is F/C(=C\C(c1cc(Cl)c(Cl)c(Cl)c1)C(F)(F)F)c1ccc(C(=S)CCC(=S)NCC(F)(F)F)c(C(F)(F)F)c1. The molecule has 0 saturated carbocycles. The summed E-state index contributed by atoms with van der Waals surface area (Å²) in [5, 5.41) is 0.951. The number of hydrogen-bond donors (Lipinski definition) is 1. The lowest BCUT2D eigenvalue weighted by Crippen LogP contribution is -2.32. The summed E-state index contributed by atoms with van der Waals surface area (Å²) in [4.78, 5) is -0.650. The fourth-order valence-corrected chi connectivity index (χ4v) is 4.26. The Hall–Kier alpha value is -1.67. The van der Waals surface area contributed by atoms with Crippen molar-refractivity contribution in [2.45, 2.75) is 37.3 Å². The third-order valence-corrected chi connectivity index (χ3v) is 6.97. The first-order valence-corrected chi connectivity index (χ1v) is 12.3. The number of hydrogen-bond acceptors (Lipinski definition) is 2. The lowest BCUT2D eigenvalue weighted by atomic mass is 9.94. The van der Waals surface area contributed by atoms with Crippen molar-refractivity contribution >= 4 is 74.9 Å². The highest BCUT2D eigenvalue weighted by atomic mass is 35.5. The Morgan fingerprint density at radius 3 is 1.92 bits per heavy atom. The van der Waals surface area contributed by atoms with Gasteiger partial charge in [-0.3, -0.25) is 0 Å². The van der Waals surface area contributed by atoms with Gasteiger partial charge in [-0.1, -0.05) is 71.4 Å². The van der Waals surface area contributed by atoms with E-state index in [1.54, 1.807) is 0 Å². The van der Waals surface area contributed by atoms with Crippen molar-refractivity contribution in [2.75, 3.05) is 6.54 Å². The second-order valence-corrected chi connectivity index (χ2v) is 10.1. The van der Waals surface area contributed by atoms with Gasteiger partial charge >= 0.3 is 18.5 Å². The Morgan fingerprint density at radius 2 is 1.44 bits per heavy atom. The minimum Gasteiger partial charge on any atom is -0.371 e. The Balaban J connectivity index is 2.41. The standard InChI is InChI=1S/C23H14Cl3F10NS2/c24-15-6-11(7-16(25)20(15)26)13(22(31,32)33)8-17(27)10-1-2-12(14(5-10)23(34,35)36)18(38)3-4-19(39)37-9-21(28,29)30/h1-2,5-8,13H,3-4,9H2,(H,37,39)/b17-8-. The molecule has 0 amide bonds. The molecule has 1 unspecified atom stereocenters. The molecule has 0 radical (unpaired) electrons. The lowest BCUT2D eigenvalue weighted by molar-refractivity contribution is -0.140. The molecule has 0 aliphatic rings. The van der Waals surface area contributed by atoms with E-state index in [2.05, 4.69) is 0 Å². The van der Waals surface area contributed by atoms with Crippen LogP contribution >= 0.6 is 59.2 Å².